The van der Waals surface area contributed by atoms with E-state index in [-0.39, 0.29) is 6.61 Å². The van der Waals surface area contributed by atoms with Crippen molar-refractivity contribution in [1.82, 2.24) is 0 Å². The summed E-state index contributed by atoms with van der Waals surface area (Å²) in [7, 11) is 0. The zero-order valence-electron chi connectivity index (χ0n) is 10.9. The molecular weight excluding hydrogens is 292 g/mol. The Kier molecular flexibility index (Phi) is 7.06. The number of aryl methyl sites for hydroxylation is 1. The Morgan fingerprint density at radius 1 is 1.33 bits per heavy atom. The van der Waals surface area contributed by atoms with Gasteiger partial charge < -0.3 is 9.84 Å². The van der Waals surface area contributed by atoms with E-state index in [2.05, 4.69) is 22.5 Å². The second kappa shape index (κ2) is 8.33. The van der Waals surface area contributed by atoms with Crippen molar-refractivity contribution in [3.05, 3.63) is 40.4 Å². The molecule has 0 amide bonds. The summed E-state index contributed by atoms with van der Waals surface area (Å²) in [4.78, 5) is 0. The summed E-state index contributed by atoms with van der Waals surface area (Å²) in [6, 6.07) is 3.91. The van der Waals surface area contributed by atoms with E-state index in [4.69, 9.17) is 4.74 Å². The van der Waals surface area contributed by atoms with Crippen LogP contribution in [0, 0.1) is 6.92 Å². The van der Waals surface area contributed by atoms with Crippen LogP contribution in [0.4, 0.5) is 0 Å². The van der Waals surface area contributed by atoms with E-state index < -0.39 is 0 Å². The summed E-state index contributed by atoms with van der Waals surface area (Å²) in [5.74, 6) is 0.824. The summed E-state index contributed by atoms with van der Waals surface area (Å²) < 4.78 is 6.76. The molecule has 0 aliphatic rings. The SMILES string of the molecule is C=CCCCCCOc1c(C)cc(Br)cc1CO. The minimum atomic E-state index is 0.00603. The first kappa shape index (κ1) is 15.3. The molecule has 3 heteroatoms. The number of hydrogen-bond donors (Lipinski definition) is 1. The average Bonchev–Trinajstić information content (AvgIpc) is 2.35. The fraction of sp³-hybridized carbons (Fsp3) is 0.467. The molecule has 0 spiro atoms. The monoisotopic (exact) mass is 312 g/mol. The second-order valence-corrected chi connectivity index (χ2v) is 5.27. The van der Waals surface area contributed by atoms with Crippen molar-refractivity contribution < 1.29 is 9.84 Å². The van der Waals surface area contributed by atoms with Crippen molar-refractivity contribution >= 4 is 15.9 Å². The highest BCUT2D eigenvalue weighted by atomic mass is 79.9. The fourth-order valence-electron chi connectivity index (χ4n) is 1.87. The van der Waals surface area contributed by atoms with Gasteiger partial charge in [0.2, 0.25) is 0 Å². The van der Waals surface area contributed by atoms with Gasteiger partial charge in [0.15, 0.2) is 0 Å². The molecule has 1 aromatic rings. The van der Waals surface area contributed by atoms with Crippen LogP contribution in [-0.2, 0) is 6.61 Å². The minimum Gasteiger partial charge on any atom is -0.493 e. The number of hydrogen-bond acceptors (Lipinski definition) is 2. The van der Waals surface area contributed by atoms with E-state index in [1.54, 1.807) is 0 Å². The van der Waals surface area contributed by atoms with Crippen molar-refractivity contribution in [2.45, 2.75) is 39.2 Å². The predicted molar refractivity (Wildman–Crippen MR) is 79.0 cm³/mol. The number of unbranched alkanes of at least 4 members (excludes halogenated alkanes) is 3. The molecule has 0 saturated heterocycles. The maximum atomic E-state index is 9.33. The molecule has 2 nitrogen and oxygen atoms in total. The molecule has 0 saturated carbocycles. The average molecular weight is 313 g/mol. The number of rotatable bonds is 8. The zero-order chi connectivity index (χ0) is 13.4. The number of benzene rings is 1. The molecule has 0 fully saturated rings. The summed E-state index contributed by atoms with van der Waals surface area (Å²) in [6.07, 6.45) is 6.37. The maximum Gasteiger partial charge on any atom is 0.127 e. The van der Waals surface area contributed by atoms with Crippen molar-refractivity contribution in [1.29, 1.82) is 0 Å². The molecule has 0 radical (unpaired) electrons. The van der Waals surface area contributed by atoms with Crippen LogP contribution in [0.25, 0.3) is 0 Å². The number of aliphatic hydroxyl groups is 1. The lowest BCUT2D eigenvalue weighted by atomic mass is 10.1. The number of allylic oxidation sites excluding steroid dienone is 1. The number of ether oxygens (including phenoxy) is 1. The van der Waals surface area contributed by atoms with Crippen LogP contribution in [0.5, 0.6) is 5.75 Å². The molecule has 0 atom stereocenters. The van der Waals surface area contributed by atoms with Crippen LogP contribution in [0.15, 0.2) is 29.3 Å². The van der Waals surface area contributed by atoms with Gasteiger partial charge in [-0.2, -0.15) is 0 Å². The minimum absolute atomic E-state index is 0.00603. The Balaban J connectivity index is 2.48. The Bertz CT molecular complexity index is 388. The van der Waals surface area contributed by atoms with Gasteiger partial charge in [-0.25, -0.2) is 0 Å². The molecule has 1 aromatic carbocycles. The van der Waals surface area contributed by atoms with E-state index in [0.29, 0.717) is 6.61 Å². The maximum absolute atomic E-state index is 9.33. The molecule has 0 aliphatic heterocycles. The predicted octanol–water partition coefficient (Wildman–Crippen LogP) is 4.38. The first-order valence-corrected chi connectivity index (χ1v) is 7.12. The van der Waals surface area contributed by atoms with E-state index in [1.165, 1.54) is 6.42 Å². The third kappa shape index (κ3) is 4.83. The highest BCUT2D eigenvalue weighted by Crippen LogP contribution is 2.28. The zero-order valence-corrected chi connectivity index (χ0v) is 12.5. The third-order valence-corrected chi connectivity index (χ3v) is 3.24. The fourth-order valence-corrected chi connectivity index (χ4v) is 2.48. The Morgan fingerprint density at radius 2 is 2.11 bits per heavy atom. The van der Waals surface area contributed by atoms with E-state index >= 15 is 0 Å². The lowest BCUT2D eigenvalue weighted by Crippen LogP contribution is -2.02. The number of aliphatic hydroxyl groups excluding tert-OH is 1. The molecule has 100 valence electrons. The molecule has 0 heterocycles. The van der Waals surface area contributed by atoms with Gasteiger partial charge in [-0.1, -0.05) is 22.0 Å². The summed E-state index contributed by atoms with van der Waals surface area (Å²) in [6.45, 7) is 6.41. The molecule has 1 N–H and O–H groups in total. The van der Waals surface area contributed by atoms with Gasteiger partial charge in [-0.15, -0.1) is 6.58 Å². The molecule has 18 heavy (non-hydrogen) atoms. The molecule has 0 unspecified atom stereocenters. The van der Waals surface area contributed by atoms with Crippen molar-refractivity contribution in [3.8, 4) is 5.75 Å². The molecule has 0 bridgehead atoms. The van der Waals surface area contributed by atoms with Gasteiger partial charge in [0.1, 0.15) is 5.75 Å². The van der Waals surface area contributed by atoms with Crippen LogP contribution in [0.1, 0.15) is 36.8 Å². The van der Waals surface area contributed by atoms with Gasteiger partial charge in [0.05, 0.1) is 13.2 Å². The van der Waals surface area contributed by atoms with Crippen LogP contribution >= 0.6 is 15.9 Å². The summed E-state index contributed by atoms with van der Waals surface area (Å²) >= 11 is 3.42. The lowest BCUT2D eigenvalue weighted by Gasteiger charge is -2.13. The van der Waals surface area contributed by atoms with Crippen molar-refractivity contribution in [3.63, 3.8) is 0 Å². The summed E-state index contributed by atoms with van der Waals surface area (Å²) in [5, 5.41) is 9.33. The Hall–Kier alpha value is -0.800. The molecule has 0 aromatic heterocycles. The van der Waals surface area contributed by atoms with Crippen molar-refractivity contribution in [2.75, 3.05) is 6.61 Å². The molecular formula is C15H21BrO2. The quantitative estimate of drug-likeness (QED) is 0.570. The largest absolute Gasteiger partial charge is 0.493 e. The van der Waals surface area contributed by atoms with Crippen LogP contribution < -0.4 is 4.74 Å². The van der Waals surface area contributed by atoms with Gasteiger partial charge in [0.25, 0.3) is 0 Å². The van der Waals surface area contributed by atoms with Crippen LogP contribution in [-0.4, -0.2) is 11.7 Å². The first-order valence-electron chi connectivity index (χ1n) is 6.32. The highest BCUT2D eigenvalue weighted by molar-refractivity contribution is 9.10. The Labute approximate surface area is 118 Å². The van der Waals surface area contributed by atoms with Gasteiger partial charge in [-0.3, -0.25) is 0 Å². The smallest absolute Gasteiger partial charge is 0.127 e. The third-order valence-electron chi connectivity index (χ3n) is 2.79. The lowest BCUT2D eigenvalue weighted by molar-refractivity contribution is 0.259. The second-order valence-electron chi connectivity index (χ2n) is 4.36. The van der Waals surface area contributed by atoms with Crippen LogP contribution in [0.3, 0.4) is 0 Å². The van der Waals surface area contributed by atoms with Gasteiger partial charge in [-0.05, 0) is 50.3 Å². The first-order chi connectivity index (χ1) is 8.69. The highest BCUT2D eigenvalue weighted by Gasteiger charge is 2.08. The number of halogens is 1. The van der Waals surface area contributed by atoms with Gasteiger partial charge in [0, 0.05) is 10.0 Å². The standard InChI is InChI=1S/C15H21BrO2/c1-3-4-5-6-7-8-18-15-12(2)9-14(16)10-13(15)11-17/h3,9-10,17H,1,4-8,11H2,2H3. The summed E-state index contributed by atoms with van der Waals surface area (Å²) in [5.41, 5.74) is 1.90. The topological polar surface area (TPSA) is 29.5 Å². The Morgan fingerprint density at radius 3 is 2.78 bits per heavy atom. The van der Waals surface area contributed by atoms with E-state index in [9.17, 15) is 5.11 Å². The van der Waals surface area contributed by atoms with Crippen molar-refractivity contribution in [2.24, 2.45) is 0 Å². The molecule has 0 aliphatic carbocycles. The van der Waals surface area contributed by atoms with E-state index in [0.717, 1.165) is 40.6 Å². The van der Waals surface area contributed by atoms with E-state index in [1.807, 2.05) is 25.1 Å². The molecule has 1 rings (SSSR count). The van der Waals surface area contributed by atoms with Crippen LogP contribution in [0.2, 0.25) is 0 Å². The van der Waals surface area contributed by atoms with Gasteiger partial charge >= 0.3 is 0 Å². The normalized spacial score (nSPS) is 10.4.